The van der Waals surface area contributed by atoms with E-state index in [1.165, 1.54) is 13.3 Å². The molecule has 0 atom stereocenters. The van der Waals surface area contributed by atoms with Crippen LogP contribution in [0.3, 0.4) is 0 Å². The Morgan fingerprint density at radius 2 is 1.73 bits per heavy atom. The molecular formula is C33H40ClFN7O2P. The lowest BCUT2D eigenvalue weighted by Gasteiger charge is -2.40. The number of nitrogens with one attached hydrogen (secondary N) is 2. The van der Waals surface area contributed by atoms with Crippen LogP contribution < -0.4 is 25.6 Å². The van der Waals surface area contributed by atoms with Gasteiger partial charge in [-0.25, -0.2) is 9.37 Å². The Hall–Kier alpha value is -3.49. The van der Waals surface area contributed by atoms with Gasteiger partial charge >= 0.3 is 0 Å². The van der Waals surface area contributed by atoms with E-state index in [1.807, 2.05) is 6.07 Å². The summed E-state index contributed by atoms with van der Waals surface area (Å²) in [5.74, 6) is 1.17. The van der Waals surface area contributed by atoms with Crippen LogP contribution in [-0.4, -0.2) is 53.5 Å². The van der Waals surface area contributed by atoms with Crippen LogP contribution in [0, 0.1) is 17.2 Å². The Kier molecular flexibility index (Phi) is 8.42. The maximum Gasteiger partial charge on any atom is 0.229 e. The lowest BCUT2D eigenvalue weighted by Crippen LogP contribution is -2.39. The molecule has 1 saturated carbocycles. The van der Waals surface area contributed by atoms with E-state index in [1.54, 1.807) is 37.9 Å². The standard InChI is InChI=1S/C33H40ClFN7O2P/c1-33(2,3)20-11-15-42(16-12-20)28-21(19-7-8-19)17-25(29(44-4)26(28)35)40-32-38-18-22(34)31(41-32)39-24-10-9-23-27(37-14-13-36-23)30(24)45(5,6)43/h9-10,13-14,17-20H,7-8,11-12,15-16H2,1-6H3,(H2,38,39,40,41). The number of halogens is 2. The van der Waals surface area contributed by atoms with Crippen molar-refractivity contribution in [2.45, 2.75) is 52.4 Å². The van der Waals surface area contributed by atoms with Crippen molar-refractivity contribution in [1.29, 1.82) is 0 Å². The number of rotatable bonds is 8. The molecule has 0 amide bonds. The lowest BCUT2D eigenvalue weighted by atomic mass is 9.75. The van der Waals surface area contributed by atoms with Crippen LogP contribution in [0.2, 0.25) is 5.02 Å². The highest BCUT2D eigenvalue weighted by Gasteiger charge is 2.36. The maximum absolute atomic E-state index is 16.4. The van der Waals surface area contributed by atoms with E-state index in [0.29, 0.717) is 51.1 Å². The maximum atomic E-state index is 16.4. The van der Waals surface area contributed by atoms with Gasteiger partial charge < -0.3 is 24.8 Å². The molecule has 9 nitrogen and oxygen atoms in total. The van der Waals surface area contributed by atoms with E-state index < -0.39 is 7.14 Å². The summed E-state index contributed by atoms with van der Waals surface area (Å²) in [6.45, 7) is 11.9. The second-order valence-corrected chi connectivity index (χ2v) is 17.0. The molecular weight excluding hydrogens is 612 g/mol. The molecule has 45 heavy (non-hydrogen) atoms. The van der Waals surface area contributed by atoms with E-state index in [9.17, 15) is 4.57 Å². The monoisotopic (exact) mass is 651 g/mol. The number of piperidine rings is 1. The molecule has 12 heteroatoms. The number of aromatic nitrogens is 4. The first-order chi connectivity index (χ1) is 21.3. The lowest BCUT2D eigenvalue weighted by molar-refractivity contribution is 0.198. The van der Waals surface area contributed by atoms with E-state index in [0.717, 1.165) is 44.3 Å². The fourth-order valence-corrected chi connectivity index (χ4v) is 7.89. The van der Waals surface area contributed by atoms with Crippen LogP contribution in [0.4, 0.5) is 33.2 Å². The van der Waals surface area contributed by atoms with Crippen LogP contribution in [0.1, 0.15) is 57.9 Å². The molecule has 4 aromatic rings. The quantitative estimate of drug-likeness (QED) is 0.183. The van der Waals surface area contributed by atoms with Crippen molar-refractivity contribution < 1.29 is 13.7 Å². The summed E-state index contributed by atoms with van der Waals surface area (Å²) in [7, 11) is -1.33. The Bertz CT molecular complexity index is 1800. The summed E-state index contributed by atoms with van der Waals surface area (Å²) in [4.78, 5) is 20.0. The van der Waals surface area contributed by atoms with E-state index in [2.05, 4.69) is 56.2 Å². The minimum atomic E-state index is -2.80. The normalized spacial score (nSPS) is 16.2. The largest absolute Gasteiger partial charge is 0.492 e. The highest BCUT2D eigenvalue weighted by molar-refractivity contribution is 7.71. The zero-order valence-corrected chi connectivity index (χ0v) is 28.3. The van der Waals surface area contributed by atoms with Gasteiger partial charge in [-0.15, -0.1) is 0 Å². The third-order valence-electron chi connectivity index (χ3n) is 8.88. The number of nitrogens with zero attached hydrogens (tertiary/aromatic N) is 5. The van der Waals surface area contributed by atoms with Gasteiger partial charge in [-0.3, -0.25) is 9.97 Å². The van der Waals surface area contributed by atoms with Crippen molar-refractivity contribution in [3.05, 3.63) is 53.2 Å². The molecule has 6 rings (SSSR count). The van der Waals surface area contributed by atoms with Crippen LogP contribution >= 0.6 is 18.7 Å². The molecule has 1 aliphatic heterocycles. The molecule has 238 valence electrons. The summed E-state index contributed by atoms with van der Waals surface area (Å²) in [5.41, 5.74) is 4.07. The molecule has 2 N–H and O–H groups in total. The molecule has 0 radical (unpaired) electrons. The highest BCUT2D eigenvalue weighted by Crippen LogP contribution is 2.51. The van der Waals surface area contributed by atoms with Crippen LogP contribution in [0.25, 0.3) is 11.0 Å². The van der Waals surface area contributed by atoms with Gasteiger partial charge in [0.1, 0.15) is 17.7 Å². The minimum Gasteiger partial charge on any atom is -0.492 e. The SMILES string of the molecule is COc1c(Nc2ncc(Cl)c(Nc3ccc4nccnc4c3P(C)(C)=O)n2)cc(C2CC2)c(N2CCC(C(C)(C)C)CC2)c1F. The molecule has 3 heterocycles. The van der Waals surface area contributed by atoms with Crippen molar-refractivity contribution in [3.63, 3.8) is 0 Å². The van der Waals surface area contributed by atoms with Gasteiger partial charge in [-0.05, 0) is 80.0 Å². The van der Waals surface area contributed by atoms with Crippen LogP contribution in [0.15, 0.2) is 36.8 Å². The Morgan fingerprint density at radius 1 is 1.02 bits per heavy atom. The molecule has 1 saturated heterocycles. The molecule has 1 aliphatic carbocycles. The predicted octanol–water partition coefficient (Wildman–Crippen LogP) is 8.10. The fraction of sp³-hybridized carbons (Fsp3) is 0.455. The van der Waals surface area contributed by atoms with E-state index >= 15 is 4.39 Å². The number of fused-ring (bicyclic) bond motifs is 1. The molecule has 2 aliphatic rings. The van der Waals surface area contributed by atoms with Gasteiger partial charge in [0.15, 0.2) is 17.4 Å². The second kappa shape index (κ2) is 12.0. The summed E-state index contributed by atoms with van der Waals surface area (Å²) < 4.78 is 35.4. The number of anilines is 5. The number of methoxy groups -OCH3 is 1. The highest BCUT2D eigenvalue weighted by atomic mass is 35.5. The van der Waals surface area contributed by atoms with Crippen LogP contribution in [-0.2, 0) is 4.57 Å². The smallest absolute Gasteiger partial charge is 0.229 e. The summed E-state index contributed by atoms with van der Waals surface area (Å²) in [6, 6.07) is 5.58. The zero-order valence-electron chi connectivity index (χ0n) is 26.6. The van der Waals surface area contributed by atoms with Gasteiger partial charge in [-0.1, -0.05) is 32.4 Å². The second-order valence-electron chi connectivity index (χ2n) is 13.5. The summed E-state index contributed by atoms with van der Waals surface area (Å²) in [6.07, 6.45) is 8.75. The first-order valence-corrected chi connectivity index (χ1v) is 18.3. The third-order valence-corrected chi connectivity index (χ3v) is 10.7. The van der Waals surface area contributed by atoms with Gasteiger partial charge in [0.2, 0.25) is 5.95 Å². The van der Waals surface area contributed by atoms with E-state index in [-0.39, 0.29) is 28.0 Å². The number of benzene rings is 2. The van der Waals surface area contributed by atoms with Gasteiger partial charge in [0.05, 0.1) is 41.2 Å². The number of hydrogen-bond acceptors (Lipinski definition) is 9. The van der Waals surface area contributed by atoms with Gasteiger partial charge in [-0.2, -0.15) is 4.98 Å². The average molecular weight is 652 g/mol. The minimum absolute atomic E-state index is 0.119. The van der Waals surface area contributed by atoms with Crippen molar-refractivity contribution in [3.8, 4) is 5.75 Å². The molecule has 0 bridgehead atoms. The molecule has 2 fully saturated rings. The number of hydrogen-bond donors (Lipinski definition) is 2. The third kappa shape index (κ3) is 6.45. The van der Waals surface area contributed by atoms with Crippen molar-refractivity contribution >= 4 is 63.9 Å². The molecule has 0 unspecified atom stereocenters. The Morgan fingerprint density at radius 3 is 2.38 bits per heavy atom. The average Bonchev–Trinajstić information content (AvgIpc) is 3.83. The summed E-state index contributed by atoms with van der Waals surface area (Å²) >= 11 is 6.54. The summed E-state index contributed by atoms with van der Waals surface area (Å²) in [5, 5.41) is 7.24. The fourth-order valence-electron chi connectivity index (χ4n) is 6.36. The van der Waals surface area contributed by atoms with Crippen molar-refractivity contribution in [1.82, 2.24) is 19.9 Å². The van der Waals surface area contributed by atoms with Crippen molar-refractivity contribution in [2.24, 2.45) is 11.3 Å². The molecule has 2 aromatic heterocycles. The van der Waals surface area contributed by atoms with Crippen LogP contribution in [0.5, 0.6) is 5.75 Å². The van der Waals surface area contributed by atoms with E-state index in [4.69, 9.17) is 16.3 Å². The molecule has 0 spiro atoms. The topological polar surface area (TPSA) is 105 Å². The van der Waals surface area contributed by atoms with Crippen molar-refractivity contribution in [2.75, 3.05) is 49.1 Å². The van der Waals surface area contributed by atoms with Gasteiger partial charge in [0, 0.05) is 25.5 Å². The van der Waals surface area contributed by atoms with Gasteiger partial charge in [0.25, 0.3) is 0 Å². The number of ether oxygens (including phenoxy) is 1. The first kappa shape index (κ1) is 31.5. The first-order valence-electron chi connectivity index (χ1n) is 15.4. The molecule has 2 aromatic carbocycles. The Labute approximate surface area is 268 Å². The predicted molar refractivity (Wildman–Crippen MR) is 182 cm³/mol. The Balaban J connectivity index is 1.33. The zero-order chi connectivity index (χ0) is 32.1.